The lowest BCUT2D eigenvalue weighted by molar-refractivity contribution is 0.195. The van der Waals surface area contributed by atoms with Crippen molar-refractivity contribution in [2.75, 3.05) is 18.0 Å². The molecule has 0 bridgehead atoms. The van der Waals surface area contributed by atoms with E-state index in [2.05, 4.69) is 31.7 Å². The SMILES string of the molecule is CC(C)(C)C1CN(c2ccccc2C#N)C1. The van der Waals surface area contributed by atoms with E-state index in [0.717, 1.165) is 30.3 Å². The van der Waals surface area contributed by atoms with Gasteiger partial charge in [0.25, 0.3) is 0 Å². The summed E-state index contributed by atoms with van der Waals surface area (Å²) < 4.78 is 0. The predicted octanol–water partition coefficient (Wildman–Crippen LogP) is 3.04. The monoisotopic (exact) mass is 214 g/mol. The van der Waals surface area contributed by atoms with Crippen LogP contribution < -0.4 is 4.90 Å². The highest BCUT2D eigenvalue weighted by Crippen LogP contribution is 2.37. The zero-order valence-electron chi connectivity index (χ0n) is 10.2. The van der Waals surface area contributed by atoms with Crippen LogP contribution in [0.5, 0.6) is 0 Å². The molecule has 1 saturated heterocycles. The molecule has 1 aliphatic rings. The van der Waals surface area contributed by atoms with Crippen LogP contribution in [0, 0.1) is 22.7 Å². The minimum atomic E-state index is 0.373. The van der Waals surface area contributed by atoms with Crippen molar-refractivity contribution in [1.29, 1.82) is 5.26 Å². The van der Waals surface area contributed by atoms with Gasteiger partial charge in [-0.25, -0.2) is 0 Å². The molecule has 0 N–H and O–H groups in total. The fourth-order valence-corrected chi connectivity index (χ4v) is 2.07. The molecule has 0 aromatic heterocycles. The third-order valence-corrected chi connectivity index (χ3v) is 3.47. The molecule has 0 radical (unpaired) electrons. The number of hydrogen-bond donors (Lipinski definition) is 0. The number of anilines is 1. The highest BCUT2D eigenvalue weighted by molar-refractivity contribution is 5.60. The van der Waals surface area contributed by atoms with E-state index in [0.29, 0.717) is 5.41 Å². The third kappa shape index (κ3) is 1.90. The van der Waals surface area contributed by atoms with Crippen LogP contribution in [-0.2, 0) is 0 Å². The number of nitrogens with zero attached hydrogens (tertiary/aromatic N) is 2. The van der Waals surface area contributed by atoms with Gasteiger partial charge in [-0.2, -0.15) is 5.26 Å². The summed E-state index contributed by atoms with van der Waals surface area (Å²) >= 11 is 0. The first kappa shape index (κ1) is 11.0. The van der Waals surface area contributed by atoms with Crippen molar-refractivity contribution in [1.82, 2.24) is 0 Å². The minimum Gasteiger partial charge on any atom is -0.370 e. The topological polar surface area (TPSA) is 27.0 Å². The van der Waals surface area contributed by atoms with Gasteiger partial charge in [0.15, 0.2) is 0 Å². The van der Waals surface area contributed by atoms with Gasteiger partial charge in [0, 0.05) is 13.1 Å². The fourth-order valence-electron chi connectivity index (χ4n) is 2.07. The zero-order chi connectivity index (χ0) is 11.8. The number of rotatable bonds is 1. The molecular formula is C14H18N2. The number of benzene rings is 1. The second kappa shape index (κ2) is 3.83. The molecule has 1 aromatic rings. The third-order valence-electron chi connectivity index (χ3n) is 3.47. The van der Waals surface area contributed by atoms with Crippen LogP contribution >= 0.6 is 0 Å². The Morgan fingerprint density at radius 1 is 1.25 bits per heavy atom. The quantitative estimate of drug-likeness (QED) is 0.718. The normalized spacial score (nSPS) is 16.8. The van der Waals surface area contributed by atoms with E-state index in [9.17, 15) is 0 Å². The summed E-state index contributed by atoms with van der Waals surface area (Å²) in [5.41, 5.74) is 2.25. The first-order valence-corrected chi connectivity index (χ1v) is 5.76. The maximum absolute atomic E-state index is 9.04. The average molecular weight is 214 g/mol. The van der Waals surface area contributed by atoms with Gasteiger partial charge in [0.1, 0.15) is 6.07 Å². The molecule has 2 rings (SSSR count). The van der Waals surface area contributed by atoms with Crippen LogP contribution in [0.3, 0.4) is 0 Å². The number of para-hydroxylation sites is 1. The Hall–Kier alpha value is -1.49. The first-order valence-electron chi connectivity index (χ1n) is 5.76. The Bertz CT molecular complexity index is 417. The Morgan fingerprint density at radius 3 is 2.44 bits per heavy atom. The molecule has 1 aliphatic heterocycles. The maximum Gasteiger partial charge on any atom is 0.101 e. The lowest BCUT2D eigenvalue weighted by atomic mass is 9.75. The molecule has 0 aliphatic carbocycles. The van der Waals surface area contributed by atoms with E-state index < -0.39 is 0 Å². The van der Waals surface area contributed by atoms with Gasteiger partial charge < -0.3 is 4.90 Å². The molecule has 2 nitrogen and oxygen atoms in total. The van der Waals surface area contributed by atoms with Gasteiger partial charge in [-0.3, -0.25) is 0 Å². The molecule has 0 spiro atoms. The molecule has 0 unspecified atom stereocenters. The molecular weight excluding hydrogens is 196 g/mol. The van der Waals surface area contributed by atoms with Crippen molar-refractivity contribution < 1.29 is 0 Å². The Kier molecular flexibility index (Phi) is 2.63. The minimum absolute atomic E-state index is 0.373. The molecule has 1 aromatic carbocycles. The van der Waals surface area contributed by atoms with Crippen molar-refractivity contribution in [2.24, 2.45) is 11.3 Å². The summed E-state index contributed by atoms with van der Waals surface area (Å²) in [6, 6.07) is 10.1. The smallest absolute Gasteiger partial charge is 0.101 e. The predicted molar refractivity (Wildman–Crippen MR) is 66.3 cm³/mol. The van der Waals surface area contributed by atoms with Gasteiger partial charge in [0.2, 0.25) is 0 Å². The van der Waals surface area contributed by atoms with Crippen molar-refractivity contribution in [2.45, 2.75) is 20.8 Å². The van der Waals surface area contributed by atoms with Gasteiger partial charge >= 0.3 is 0 Å². The Morgan fingerprint density at radius 2 is 1.88 bits per heavy atom. The second-order valence-electron chi connectivity index (χ2n) is 5.60. The zero-order valence-corrected chi connectivity index (χ0v) is 10.2. The molecule has 84 valence electrons. The van der Waals surface area contributed by atoms with E-state index in [4.69, 9.17) is 5.26 Å². The van der Waals surface area contributed by atoms with Crippen LogP contribution in [0.2, 0.25) is 0 Å². The van der Waals surface area contributed by atoms with Crippen LogP contribution in [-0.4, -0.2) is 13.1 Å². The number of hydrogen-bond acceptors (Lipinski definition) is 2. The summed E-state index contributed by atoms with van der Waals surface area (Å²) in [4.78, 5) is 2.30. The van der Waals surface area contributed by atoms with E-state index in [1.54, 1.807) is 0 Å². The van der Waals surface area contributed by atoms with Crippen LogP contribution in [0.1, 0.15) is 26.3 Å². The van der Waals surface area contributed by atoms with Crippen molar-refractivity contribution >= 4 is 5.69 Å². The average Bonchev–Trinajstić information content (AvgIpc) is 2.14. The van der Waals surface area contributed by atoms with Gasteiger partial charge in [0.05, 0.1) is 11.3 Å². The van der Waals surface area contributed by atoms with Crippen molar-refractivity contribution in [3.05, 3.63) is 29.8 Å². The molecule has 2 heteroatoms. The summed E-state index contributed by atoms with van der Waals surface area (Å²) in [7, 11) is 0. The van der Waals surface area contributed by atoms with Gasteiger partial charge in [-0.1, -0.05) is 32.9 Å². The Labute approximate surface area is 97.5 Å². The van der Waals surface area contributed by atoms with E-state index in [1.165, 1.54) is 0 Å². The lowest BCUT2D eigenvalue weighted by Crippen LogP contribution is -2.52. The lowest BCUT2D eigenvalue weighted by Gasteiger charge is -2.47. The van der Waals surface area contributed by atoms with E-state index in [1.807, 2.05) is 24.3 Å². The summed E-state index contributed by atoms with van der Waals surface area (Å²) in [6.07, 6.45) is 0. The molecule has 0 saturated carbocycles. The maximum atomic E-state index is 9.04. The summed E-state index contributed by atoms with van der Waals surface area (Å²) in [5, 5.41) is 9.04. The summed E-state index contributed by atoms with van der Waals surface area (Å²) in [6.45, 7) is 8.99. The highest BCUT2D eigenvalue weighted by Gasteiger charge is 2.36. The molecule has 1 fully saturated rings. The summed E-state index contributed by atoms with van der Waals surface area (Å²) in [5.74, 6) is 0.735. The molecule has 1 heterocycles. The van der Waals surface area contributed by atoms with Crippen molar-refractivity contribution in [3.63, 3.8) is 0 Å². The van der Waals surface area contributed by atoms with Crippen molar-refractivity contribution in [3.8, 4) is 6.07 Å². The second-order valence-corrected chi connectivity index (χ2v) is 5.60. The number of nitriles is 1. The van der Waals surface area contributed by atoms with Gasteiger partial charge in [-0.05, 0) is 23.5 Å². The Balaban J connectivity index is 2.10. The van der Waals surface area contributed by atoms with Crippen LogP contribution in [0.4, 0.5) is 5.69 Å². The molecule has 0 amide bonds. The standard InChI is InChI=1S/C14H18N2/c1-14(2,3)12-9-16(10-12)13-7-5-4-6-11(13)8-15/h4-7,12H,9-10H2,1-3H3. The van der Waals surface area contributed by atoms with Crippen LogP contribution in [0.15, 0.2) is 24.3 Å². The first-order chi connectivity index (χ1) is 7.52. The van der Waals surface area contributed by atoms with E-state index in [-0.39, 0.29) is 0 Å². The molecule has 16 heavy (non-hydrogen) atoms. The highest BCUT2D eigenvalue weighted by atomic mass is 15.2. The largest absolute Gasteiger partial charge is 0.370 e. The molecule has 0 atom stereocenters. The van der Waals surface area contributed by atoms with Crippen LogP contribution in [0.25, 0.3) is 0 Å². The van der Waals surface area contributed by atoms with Gasteiger partial charge in [-0.15, -0.1) is 0 Å². The fraction of sp³-hybridized carbons (Fsp3) is 0.500. The van der Waals surface area contributed by atoms with E-state index >= 15 is 0 Å².